The molecule has 0 amide bonds. The van der Waals surface area contributed by atoms with Gasteiger partial charge in [-0.1, -0.05) is 99.7 Å². The molecule has 0 radical (unpaired) electrons. The van der Waals surface area contributed by atoms with Crippen molar-refractivity contribution in [2.75, 3.05) is 13.2 Å². The van der Waals surface area contributed by atoms with Crippen LogP contribution >= 0.6 is 0 Å². The van der Waals surface area contributed by atoms with E-state index in [1.807, 2.05) is 37.3 Å². The Morgan fingerprint density at radius 2 is 1.60 bits per heavy atom. The lowest BCUT2D eigenvalue weighted by atomic mass is 9.88. The van der Waals surface area contributed by atoms with Gasteiger partial charge in [-0.3, -0.25) is 0 Å². The van der Waals surface area contributed by atoms with Gasteiger partial charge in [-0.05, 0) is 54.5 Å². The molecule has 4 rings (SSSR count). The third-order valence-corrected chi connectivity index (χ3v) is 7.84. The SMILES string of the molecule is C/C=C\COCc1ccc(-c2ccc(-c3ccc(C4CCC(CCCCCCC)OC4)c(F)c3)cc2)c(F)c1F. The smallest absolute Gasteiger partial charge is 0.167 e. The van der Waals surface area contributed by atoms with E-state index < -0.39 is 11.6 Å². The van der Waals surface area contributed by atoms with Gasteiger partial charge in [0.2, 0.25) is 0 Å². The number of hydrogen-bond acceptors (Lipinski definition) is 2. The van der Waals surface area contributed by atoms with E-state index in [4.69, 9.17) is 9.47 Å². The summed E-state index contributed by atoms with van der Waals surface area (Å²) in [4.78, 5) is 0. The Hall–Kier alpha value is -2.89. The maximum atomic E-state index is 15.2. The van der Waals surface area contributed by atoms with E-state index in [1.54, 1.807) is 36.4 Å². The van der Waals surface area contributed by atoms with E-state index in [1.165, 1.54) is 32.1 Å². The Balaban J connectivity index is 1.36. The Bertz CT molecular complexity index is 1240. The van der Waals surface area contributed by atoms with Crippen molar-refractivity contribution in [1.82, 2.24) is 0 Å². The van der Waals surface area contributed by atoms with Crippen LogP contribution in [0.2, 0.25) is 0 Å². The van der Waals surface area contributed by atoms with E-state index in [0.717, 1.165) is 30.4 Å². The molecule has 0 aliphatic carbocycles. The molecule has 1 aliphatic heterocycles. The van der Waals surface area contributed by atoms with Gasteiger partial charge in [-0.15, -0.1) is 0 Å². The minimum Gasteiger partial charge on any atom is -0.378 e. The molecule has 214 valence electrons. The van der Waals surface area contributed by atoms with Crippen molar-refractivity contribution in [3.8, 4) is 22.3 Å². The number of allylic oxidation sites excluding steroid dienone is 1. The van der Waals surface area contributed by atoms with E-state index in [-0.39, 0.29) is 29.5 Å². The van der Waals surface area contributed by atoms with Gasteiger partial charge in [0, 0.05) is 17.0 Å². The Kier molecular flexibility index (Phi) is 11.4. The highest BCUT2D eigenvalue weighted by Gasteiger charge is 2.25. The van der Waals surface area contributed by atoms with Gasteiger partial charge in [0.1, 0.15) is 5.82 Å². The molecule has 40 heavy (non-hydrogen) atoms. The predicted molar refractivity (Wildman–Crippen MR) is 157 cm³/mol. The summed E-state index contributed by atoms with van der Waals surface area (Å²) in [5.74, 6) is -1.95. The third-order valence-electron chi connectivity index (χ3n) is 7.84. The van der Waals surface area contributed by atoms with Crippen LogP contribution in [0.15, 0.2) is 66.7 Å². The molecule has 2 nitrogen and oxygen atoms in total. The fourth-order valence-electron chi connectivity index (χ4n) is 5.39. The molecule has 0 saturated carbocycles. The summed E-state index contributed by atoms with van der Waals surface area (Å²) >= 11 is 0. The Labute approximate surface area is 237 Å². The molecule has 2 unspecified atom stereocenters. The van der Waals surface area contributed by atoms with Gasteiger partial charge in [-0.2, -0.15) is 0 Å². The zero-order valence-electron chi connectivity index (χ0n) is 23.7. The molecule has 3 aromatic rings. The molecular formula is C35H41F3O2. The van der Waals surface area contributed by atoms with Crippen LogP contribution in [-0.2, 0) is 16.1 Å². The van der Waals surface area contributed by atoms with Crippen LogP contribution in [0.5, 0.6) is 0 Å². The highest BCUT2D eigenvalue weighted by molar-refractivity contribution is 5.71. The molecule has 5 heteroatoms. The first-order chi connectivity index (χ1) is 19.5. The summed E-state index contributed by atoms with van der Waals surface area (Å²) < 4.78 is 56.1. The summed E-state index contributed by atoms with van der Waals surface area (Å²) in [5, 5.41) is 0. The topological polar surface area (TPSA) is 18.5 Å². The van der Waals surface area contributed by atoms with Crippen molar-refractivity contribution in [3.63, 3.8) is 0 Å². The first kappa shape index (κ1) is 30.1. The minimum absolute atomic E-state index is 0.000555. The molecule has 0 bridgehead atoms. The molecule has 3 aromatic carbocycles. The van der Waals surface area contributed by atoms with Crippen molar-refractivity contribution < 1.29 is 22.6 Å². The van der Waals surface area contributed by atoms with Gasteiger partial charge < -0.3 is 9.47 Å². The Morgan fingerprint density at radius 1 is 0.850 bits per heavy atom. The average Bonchev–Trinajstić information content (AvgIpc) is 2.98. The summed E-state index contributed by atoms with van der Waals surface area (Å²) in [6, 6.07) is 15.6. The number of unbranched alkanes of at least 4 members (excludes halogenated alkanes) is 4. The van der Waals surface area contributed by atoms with E-state index in [0.29, 0.717) is 30.4 Å². The second kappa shape index (κ2) is 15.2. The lowest BCUT2D eigenvalue weighted by Gasteiger charge is -2.29. The van der Waals surface area contributed by atoms with Gasteiger partial charge in [0.05, 0.1) is 25.9 Å². The second-order valence-corrected chi connectivity index (χ2v) is 10.7. The van der Waals surface area contributed by atoms with Crippen molar-refractivity contribution in [1.29, 1.82) is 0 Å². The molecule has 2 atom stereocenters. The van der Waals surface area contributed by atoms with Gasteiger partial charge >= 0.3 is 0 Å². The van der Waals surface area contributed by atoms with E-state index >= 15 is 4.39 Å². The summed E-state index contributed by atoms with van der Waals surface area (Å²) in [5.41, 5.74) is 3.17. The zero-order chi connectivity index (χ0) is 28.3. The fraction of sp³-hybridized carbons (Fsp3) is 0.429. The quantitative estimate of drug-likeness (QED) is 0.156. The highest BCUT2D eigenvalue weighted by atomic mass is 19.2. The lowest BCUT2D eigenvalue weighted by Crippen LogP contribution is -2.25. The average molecular weight is 551 g/mol. The van der Waals surface area contributed by atoms with E-state index in [9.17, 15) is 8.78 Å². The van der Waals surface area contributed by atoms with Crippen LogP contribution in [0.3, 0.4) is 0 Å². The van der Waals surface area contributed by atoms with Crippen molar-refractivity contribution >= 4 is 0 Å². The van der Waals surface area contributed by atoms with Crippen LogP contribution < -0.4 is 0 Å². The van der Waals surface area contributed by atoms with Crippen LogP contribution in [0.1, 0.15) is 82.3 Å². The highest BCUT2D eigenvalue weighted by Crippen LogP contribution is 2.34. The minimum atomic E-state index is -0.899. The van der Waals surface area contributed by atoms with Crippen LogP contribution in [0.25, 0.3) is 22.3 Å². The second-order valence-electron chi connectivity index (χ2n) is 10.7. The number of rotatable bonds is 13. The molecule has 0 aromatic heterocycles. The zero-order valence-corrected chi connectivity index (χ0v) is 23.7. The fourth-order valence-corrected chi connectivity index (χ4v) is 5.39. The van der Waals surface area contributed by atoms with Crippen LogP contribution in [-0.4, -0.2) is 19.3 Å². The molecule has 1 heterocycles. The number of ether oxygens (including phenoxy) is 2. The van der Waals surface area contributed by atoms with Crippen molar-refractivity contribution in [2.24, 2.45) is 0 Å². The van der Waals surface area contributed by atoms with Gasteiger partial charge in [0.15, 0.2) is 11.6 Å². The van der Waals surface area contributed by atoms with Crippen LogP contribution in [0.4, 0.5) is 13.2 Å². The summed E-state index contributed by atoms with van der Waals surface area (Å²) in [6.45, 7) is 5.00. The third kappa shape index (κ3) is 7.86. The molecule has 0 N–H and O–H groups in total. The number of halogens is 3. The monoisotopic (exact) mass is 550 g/mol. The first-order valence-corrected chi connectivity index (χ1v) is 14.7. The van der Waals surface area contributed by atoms with E-state index in [2.05, 4.69) is 6.92 Å². The van der Waals surface area contributed by atoms with Crippen LogP contribution in [0, 0.1) is 17.5 Å². The number of benzene rings is 3. The summed E-state index contributed by atoms with van der Waals surface area (Å²) in [7, 11) is 0. The molecule has 1 aliphatic rings. The molecule has 1 fully saturated rings. The maximum Gasteiger partial charge on any atom is 0.167 e. The lowest BCUT2D eigenvalue weighted by molar-refractivity contribution is -0.00273. The Morgan fingerprint density at radius 3 is 2.30 bits per heavy atom. The number of hydrogen-bond donors (Lipinski definition) is 0. The molecule has 1 saturated heterocycles. The van der Waals surface area contributed by atoms with Gasteiger partial charge in [-0.25, -0.2) is 13.2 Å². The molecule has 0 spiro atoms. The predicted octanol–water partition coefficient (Wildman–Crippen LogP) is 10.2. The van der Waals surface area contributed by atoms with Gasteiger partial charge in [0.25, 0.3) is 0 Å². The summed E-state index contributed by atoms with van der Waals surface area (Å²) in [6.07, 6.45) is 13.3. The molecular weight excluding hydrogens is 509 g/mol. The largest absolute Gasteiger partial charge is 0.378 e. The first-order valence-electron chi connectivity index (χ1n) is 14.7. The van der Waals surface area contributed by atoms with Crippen molar-refractivity contribution in [3.05, 3.63) is 95.3 Å². The maximum absolute atomic E-state index is 15.2. The standard InChI is InChI=1S/C35H41F3O2/c1-3-5-7-8-9-10-30-18-15-28(24-40-30)31-19-16-27(22-33(31)36)25-11-13-26(14-12-25)32-20-17-29(34(37)35(32)38)23-39-21-6-4-2/h4,6,11-14,16-17,19-20,22,28,30H,3,5,7-10,15,18,21,23-24H2,1-2H3/b6-4-. The van der Waals surface area contributed by atoms with Crippen molar-refractivity contribution in [2.45, 2.75) is 83.8 Å². The normalized spacial score (nSPS) is 17.5.